The van der Waals surface area contributed by atoms with Crippen LogP contribution in [0.1, 0.15) is 15.2 Å². The van der Waals surface area contributed by atoms with Crippen LogP contribution in [0.3, 0.4) is 0 Å². The van der Waals surface area contributed by atoms with E-state index in [0.29, 0.717) is 4.88 Å². The van der Waals surface area contributed by atoms with E-state index in [1.54, 1.807) is 12.3 Å². The highest BCUT2D eigenvalue weighted by atomic mass is 32.1. The van der Waals surface area contributed by atoms with Crippen molar-refractivity contribution in [1.29, 1.82) is 0 Å². The summed E-state index contributed by atoms with van der Waals surface area (Å²) in [7, 11) is 0. The van der Waals surface area contributed by atoms with Crippen LogP contribution in [0.5, 0.6) is 0 Å². The minimum Gasteiger partial charge on any atom is -0.266 e. The van der Waals surface area contributed by atoms with Crippen molar-refractivity contribution >= 4 is 34.2 Å². The summed E-state index contributed by atoms with van der Waals surface area (Å²) in [6.07, 6.45) is 1.65. The number of carbonyl (C=O) groups excluding carboxylic acids is 1. The van der Waals surface area contributed by atoms with Gasteiger partial charge in [-0.25, -0.2) is 5.43 Å². The number of thiophene rings is 1. The number of benzene rings is 2. The number of nitrogens with zero attached hydrogens (tertiary/aromatic N) is 1. The van der Waals surface area contributed by atoms with Gasteiger partial charge in [-0.15, -0.1) is 11.3 Å². The Balaban J connectivity index is 1.72. The molecule has 0 aliphatic heterocycles. The summed E-state index contributed by atoms with van der Waals surface area (Å²) in [4.78, 5) is 12.3. The highest BCUT2D eigenvalue weighted by molar-refractivity contribution is 7.12. The van der Waals surface area contributed by atoms with Gasteiger partial charge in [0, 0.05) is 0 Å². The molecule has 0 fully saturated rings. The molecule has 1 N–H and O–H groups in total. The Morgan fingerprint density at radius 3 is 2.70 bits per heavy atom. The predicted molar refractivity (Wildman–Crippen MR) is 83.3 cm³/mol. The number of hydrogen-bond donors (Lipinski definition) is 1. The third-order valence-electron chi connectivity index (χ3n) is 2.90. The number of rotatable bonds is 3. The molecule has 1 aromatic heterocycles. The van der Waals surface area contributed by atoms with Gasteiger partial charge in [0.15, 0.2) is 0 Å². The molecule has 3 aromatic rings. The summed E-state index contributed by atoms with van der Waals surface area (Å²) in [6, 6.07) is 17.8. The number of hydrazone groups is 1. The van der Waals surface area contributed by atoms with Gasteiger partial charge in [0.1, 0.15) is 0 Å². The summed E-state index contributed by atoms with van der Waals surface area (Å²) in [5.41, 5.74) is 3.48. The Labute approximate surface area is 120 Å². The number of hydrogen-bond acceptors (Lipinski definition) is 3. The van der Waals surface area contributed by atoms with E-state index >= 15 is 0 Å². The zero-order chi connectivity index (χ0) is 13.8. The smallest absolute Gasteiger partial charge is 0.266 e. The molecule has 0 aliphatic rings. The fourth-order valence-corrected chi connectivity index (χ4v) is 2.53. The largest absolute Gasteiger partial charge is 0.281 e. The normalized spacial score (nSPS) is 11.0. The maximum absolute atomic E-state index is 11.7. The van der Waals surface area contributed by atoms with Crippen molar-refractivity contribution in [3.63, 3.8) is 0 Å². The van der Waals surface area contributed by atoms with E-state index in [1.807, 2.05) is 41.8 Å². The molecule has 0 atom stereocenters. The van der Waals surface area contributed by atoms with E-state index in [0.717, 1.165) is 10.9 Å². The van der Waals surface area contributed by atoms with E-state index in [2.05, 4.69) is 22.7 Å². The van der Waals surface area contributed by atoms with Gasteiger partial charge in [-0.1, -0.05) is 42.5 Å². The van der Waals surface area contributed by atoms with E-state index in [9.17, 15) is 4.79 Å². The molecule has 2 aromatic carbocycles. The molecule has 3 rings (SSSR count). The molecule has 0 saturated heterocycles. The van der Waals surface area contributed by atoms with E-state index < -0.39 is 0 Å². The SMILES string of the molecule is O=C(N/N=C/c1ccc2ccccc2c1)c1cccs1. The molecule has 20 heavy (non-hydrogen) atoms. The molecule has 0 unspecified atom stereocenters. The van der Waals surface area contributed by atoms with Crippen molar-refractivity contribution in [1.82, 2.24) is 5.43 Å². The first-order valence-electron chi connectivity index (χ1n) is 6.19. The molecule has 0 bridgehead atoms. The van der Waals surface area contributed by atoms with Crippen LogP contribution in [0.4, 0.5) is 0 Å². The highest BCUT2D eigenvalue weighted by Crippen LogP contribution is 2.14. The van der Waals surface area contributed by atoms with Crippen molar-refractivity contribution in [2.24, 2.45) is 5.10 Å². The molecule has 4 heteroatoms. The molecular formula is C16H12N2OS. The maximum Gasteiger partial charge on any atom is 0.281 e. The number of carbonyl (C=O) groups is 1. The van der Waals surface area contributed by atoms with E-state index in [1.165, 1.54) is 16.7 Å². The highest BCUT2D eigenvalue weighted by Gasteiger charge is 2.03. The van der Waals surface area contributed by atoms with Gasteiger partial charge in [-0.3, -0.25) is 4.79 Å². The van der Waals surface area contributed by atoms with Crippen molar-refractivity contribution < 1.29 is 4.79 Å². The first-order chi connectivity index (χ1) is 9.83. The summed E-state index contributed by atoms with van der Waals surface area (Å²) in [5.74, 6) is -0.183. The molecule has 0 saturated carbocycles. The van der Waals surface area contributed by atoms with Gasteiger partial charge in [0.05, 0.1) is 11.1 Å². The zero-order valence-electron chi connectivity index (χ0n) is 10.6. The summed E-state index contributed by atoms with van der Waals surface area (Å²) >= 11 is 1.39. The van der Waals surface area contributed by atoms with Crippen LogP contribution in [0.15, 0.2) is 65.1 Å². The third-order valence-corrected chi connectivity index (χ3v) is 3.77. The summed E-state index contributed by atoms with van der Waals surface area (Å²) < 4.78 is 0. The lowest BCUT2D eigenvalue weighted by atomic mass is 10.1. The van der Waals surface area contributed by atoms with Crippen LogP contribution in [-0.4, -0.2) is 12.1 Å². The van der Waals surface area contributed by atoms with Gasteiger partial charge < -0.3 is 0 Å². The zero-order valence-corrected chi connectivity index (χ0v) is 11.4. The van der Waals surface area contributed by atoms with E-state index in [4.69, 9.17) is 0 Å². The Hall–Kier alpha value is -2.46. The van der Waals surface area contributed by atoms with Crippen molar-refractivity contribution in [2.75, 3.05) is 0 Å². The second-order valence-electron chi connectivity index (χ2n) is 4.28. The van der Waals surface area contributed by atoms with Crippen LogP contribution in [-0.2, 0) is 0 Å². The molecule has 0 spiro atoms. The topological polar surface area (TPSA) is 41.5 Å². The lowest BCUT2D eigenvalue weighted by molar-refractivity contribution is 0.0959. The molecule has 1 amide bonds. The Morgan fingerprint density at radius 2 is 1.90 bits per heavy atom. The van der Waals surface area contributed by atoms with Gasteiger partial charge >= 0.3 is 0 Å². The fraction of sp³-hybridized carbons (Fsp3) is 0. The second kappa shape index (κ2) is 5.67. The predicted octanol–water partition coefficient (Wildman–Crippen LogP) is 3.67. The second-order valence-corrected chi connectivity index (χ2v) is 5.23. The Morgan fingerprint density at radius 1 is 1.05 bits per heavy atom. The minimum atomic E-state index is -0.183. The van der Waals surface area contributed by atoms with Gasteiger partial charge in [-0.05, 0) is 33.8 Å². The van der Waals surface area contributed by atoms with Crippen LogP contribution in [0.25, 0.3) is 10.8 Å². The van der Waals surface area contributed by atoms with Gasteiger partial charge in [0.25, 0.3) is 5.91 Å². The molecule has 3 nitrogen and oxygen atoms in total. The Bertz CT molecular complexity index is 763. The molecular weight excluding hydrogens is 268 g/mol. The third kappa shape index (κ3) is 2.75. The molecule has 0 radical (unpaired) electrons. The Kier molecular flexibility index (Phi) is 3.56. The summed E-state index contributed by atoms with van der Waals surface area (Å²) in [5, 5.41) is 8.19. The first kappa shape index (κ1) is 12.6. The molecule has 1 heterocycles. The van der Waals surface area contributed by atoms with Crippen LogP contribution >= 0.6 is 11.3 Å². The average molecular weight is 280 g/mol. The standard InChI is InChI=1S/C16H12N2OS/c19-16(15-6-3-9-20-15)18-17-11-12-7-8-13-4-1-2-5-14(13)10-12/h1-11H,(H,18,19)/b17-11+. The molecule has 98 valence electrons. The monoisotopic (exact) mass is 280 g/mol. The quantitative estimate of drug-likeness (QED) is 0.577. The van der Waals surface area contributed by atoms with Crippen molar-refractivity contribution in [2.45, 2.75) is 0 Å². The van der Waals surface area contributed by atoms with Gasteiger partial charge in [-0.2, -0.15) is 5.10 Å². The first-order valence-corrected chi connectivity index (χ1v) is 7.06. The van der Waals surface area contributed by atoms with Crippen molar-refractivity contribution in [3.05, 3.63) is 70.4 Å². The summed E-state index contributed by atoms with van der Waals surface area (Å²) in [6.45, 7) is 0. The van der Waals surface area contributed by atoms with Crippen LogP contribution in [0.2, 0.25) is 0 Å². The lowest BCUT2D eigenvalue weighted by Gasteiger charge is -1.99. The molecule has 0 aliphatic carbocycles. The van der Waals surface area contributed by atoms with Gasteiger partial charge in [0.2, 0.25) is 0 Å². The number of amides is 1. The lowest BCUT2D eigenvalue weighted by Crippen LogP contribution is -2.16. The van der Waals surface area contributed by atoms with Crippen molar-refractivity contribution in [3.8, 4) is 0 Å². The number of nitrogens with one attached hydrogen (secondary N) is 1. The van der Waals surface area contributed by atoms with E-state index in [-0.39, 0.29) is 5.91 Å². The minimum absolute atomic E-state index is 0.183. The average Bonchev–Trinajstić information content (AvgIpc) is 3.01. The fourth-order valence-electron chi connectivity index (χ4n) is 1.92. The van der Waals surface area contributed by atoms with Crippen LogP contribution < -0.4 is 5.43 Å². The number of fused-ring (bicyclic) bond motifs is 1. The van der Waals surface area contributed by atoms with Crippen LogP contribution in [0, 0.1) is 0 Å². The maximum atomic E-state index is 11.7.